The molecule has 0 aromatic heterocycles. The first-order valence-electron chi connectivity index (χ1n) is 7.96. The third kappa shape index (κ3) is 3.78. The second kappa shape index (κ2) is 5.71. The number of anilines is 1. The summed E-state index contributed by atoms with van der Waals surface area (Å²) in [4.78, 5) is 12.1. The highest BCUT2D eigenvalue weighted by Crippen LogP contribution is 2.57. The van der Waals surface area contributed by atoms with Gasteiger partial charge in [-0.1, -0.05) is 0 Å². The van der Waals surface area contributed by atoms with E-state index in [0.717, 1.165) is 29.8 Å². The van der Waals surface area contributed by atoms with Gasteiger partial charge in [0.1, 0.15) is 11.4 Å². The lowest BCUT2D eigenvalue weighted by molar-refractivity contribution is 0.0635. The Bertz CT molecular complexity index is 593. The molecule has 1 aromatic carbocycles. The van der Waals surface area contributed by atoms with Crippen molar-refractivity contribution in [1.29, 1.82) is 0 Å². The van der Waals surface area contributed by atoms with Gasteiger partial charge in [0, 0.05) is 16.6 Å². The highest BCUT2D eigenvalue weighted by molar-refractivity contribution is 5.86. The van der Waals surface area contributed by atoms with E-state index in [4.69, 9.17) is 15.2 Å². The third-order valence-corrected chi connectivity index (χ3v) is 4.36. The van der Waals surface area contributed by atoms with E-state index in [9.17, 15) is 4.79 Å². The molecule has 0 unspecified atom stereocenters. The number of amides is 1. The van der Waals surface area contributed by atoms with Crippen molar-refractivity contribution in [2.24, 2.45) is 5.73 Å². The maximum atomic E-state index is 12.1. The van der Waals surface area contributed by atoms with Crippen molar-refractivity contribution in [2.75, 3.05) is 12.4 Å². The number of benzene rings is 1. The summed E-state index contributed by atoms with van der Waals surface area (Å²) in [6.45, 7) is 9.57. The quantitative estimate of drug-likeness (QED) is 0.884. The van der Waals surface area contributed by atoms with E-state index in [1.54, 1.807) is 7.11 Å². The van der Waals surface area contributed by atoms with Crippen LogP contribution in [0.15, 0.2) is 18.2 Å². The van der Waals surface area contributed by atoms with Crippen LogP contribution in [0.1, 0.15) is 53.0 Å². The van der Waals surface area contributed by atoms with Crippen LogP contribution in [-0.2, 0) is 10.2 Å². The summed E-state index contributed by atoms with van der Waals surface area (Å²) in [5.41, 5.74) is 7.09. The molecule has 5 heteroatoms. The molecule has 0 bridgehead atoms. The van der Waals surface area contributed by atoms with E-state index in [-0.39, 0.29) is 11.0 Å². The number of rotatable bonds is 4. The molecular formula is C18H28N2O3. The summed E-state index contributed by atoms with van der Waals surface area (Å²) in [6.07, 6.45) is 1.52. The van der Waals surface area contributed by atoms with Gasteiger partial charge in [0.15, 0.2) is 0 Å². The van der Waals surface area contributed by atoms with Gasteiger partial charge >= 0.3 is 6.09 Å². The topological polar surface area (TPSA) is 73.6 Å². The fourth-order valence-corrected chi connectivity index (χ4v) is 2.95. The highest BCUT2D eigenvalue weighted by atomic mass is 16.6. The number of nitrogens with two attached hydrogens (primary N) is 1. The second-order valence-corrected chi connectivity index (χ2v) is 7.84. The molecule has 1 aromatic rings. The van der Waals surface area contributed by atoms with Crippen molar-refractivity contribution in [3.05, 3.63) is 23.8 Å². The van der Waals surface area contributed by atoms with Crippen LogP contribution in [-0.4, -0.2) is 24.3 Å². The summed E-state index contributed by atoms with van der Waals surface area (Å²) in [7, 11) is 1.63. The number of methoxy groups -OCH3 is 1. The first kappa shape index (κ1) is 17.6. The summed E-state index contributed by atoms with van der Waals surface area (Å²) < 4.78 is 10.7. The minimum Gasteiger partial charge on any atom is -0.497 e. The molecular weight excluding hydrogens is 292 g/mol. The van der Waals surface area contributed by atoms with Crippen LogP contribution in [0.4, 0.5) is 10.5 Å². The average molecular weight is 320 g/mol. The molecule has 0 heterocycles. The van der Waals surface area contributed by atoms with E-state index < -0.39 is 11.7 Å². The maximum Gasteiger partial charge on any atom is 0.412 e. The van der Waals surface area contributed by atoms with E-state index in [1.165, 1.54) is 0 Å². The maximum absolute atomic E-state index is 12.1. The van der Waals surface area contributed by atoms with Crippen molar-refractivity contribution in [1.82, 2.24) is 0 Å². The fraction of sp³-hybridized carbons (Fsp3) is 0.611. The molecule has 0 saturated heterocycles. The summed E-state index contributed by atoms with van der Waals surface area (Å²) in [6, 6.07) is 5.65. The number of ether oxygens (including phenoxy) is 2. The zero-order valence-corrected chi connectivity index (χ0v) is 14.9. The number of carbonyl (C=O) groups is 1. The Kier molecular flexibility index (Phi) is 4.37. The van der Waals surface area contributed by atoms with Gasteiger partial charge in [-0.2, -0.15) is 0 Å². The lowest BCUT2D eigenvalue weighted by atomic mass is 9.78. The Morgan fingerprint density at radius 3 is 2.26 bits per heavy atom. The summed E-state index contributed by atoms with van der Waals surface area (Å²) in [5.74, 6) is 0.755. The normalized spacial score (nSPS) is 16.7. The Labute approximate surface area is 138 Å². The van der Waals surface area contributed by atoms with Crippen molar-refractivity contribution < 1.29 is 14.3 Å². The van der Waals surface area contributed by atoms with Crippen molar-refractivity contribution >= 4 is 11.8 Å². The second-order valence-electron chi connectivity index (χ2n) is 7.84. The highest BCUT2D eigenvalue weighted by Gasteiger charge is 2.55. The smallest absolute Gasteiger partial charge is 0.412 e. The van der Waals surface area contributed by atoms with E-state index in [2.05, 4.69) is 5.32 Å². The van der Waals surface area contributed by atoms with E-state index in [0.29, 0.717) is 0 Å². The van der Waals surface area contributed by atoms with Gasteiger partial charge in [-0.3, -0.25) is 5.32 Å². The van der Waals surface area contributed by atoms with Crippen LogP contribution in [0, 0.1) is 0 Å². The molecule has 3 N–H and O–H groups in total. The predicted molar refractivity (Wildman–Crippen MR) is 92.0 cm³/mol. The van der Waals surface area contributed by atoms with Crippen LogP contribution in [0.5, 0.6) is 5.75 Å². The molecule has 1 fully saturated rings. The Hall–Kier alpha value is -1.75. The molecule has 1 saturated carbocycles. The Balaban J connectivity index is 2.36. The lowest BCUT2D eigenvalue weighted by Crippen LogP contribution is -2.45. The number of hydrogen-bond donors (Lipinski definition) is 2. The molecule has 128 valence electrons. The minimum atomic E-state index is -0.541. The van der Waals surface area contributed by atoms with Crippen LogP contribution in [0.25, 0.3) is 0 Å². The average Bonchev–Trinajstić information content (AvgIpc) is 3.17. The first-order valence-corrected chi connectivity index (χ1v) is 7.96. The van der Waals surface area contributed by atoms with Crippen LogP contribution in [0.3, 0.4) is 0 Å². The van der Waals surface area contributed by atoms with Gasteiger partial charge in [-0.15, -0.1) is 0 Å². The molecule has 0 atom stereocenters. The van der Waals surface area contributed by atoms with Gasteiger partial charge in [0.25, 0.3) is 0 Å². The number of hydrogen-bond acceptors (Lipinski definition) is 4. The van der Waals surface area contributed by atoms with Crippen LogP contribution < -0.4 is 15.8 Å². The molecule has 1 aliphatic carbocycles. The molecule has 5 nitrogen and oxygen atoms in total. The van der Waals surface area contributed by atoms with Crippen molar-refractivity contribution in [3.63, 3.8) is 0 Å². The van der Waals surface area contributed by atoms with Gasteiger partial charge in [0.2, 0.25) is 0 Å². The molecule has 0 aliphatic heterocycles. The largest absolute Gasteiger partial charge is 0.497 e. The monoisotopic (exact) mass is 320 g/mol. The van der Waals surface area contributed by atoms with Crippen LogP contribution in [0.2, 0.25) is 0 Å². The Morgan fingerprint density at radius 1 is 1.22 bits per heavy atom. The number of nitrogens with one attached hydrogen (secondary N) is 1. The molecule has 0 spiro atoms. The fourth-order valence-electron chi connectivity index (χ4n) is 2.95. The molecule has 0 radical (unpaired) electrons. The zero-order chi connectivity index (χ0) is 17.5. The van der Waals surface area contributed by atoms with E-state index in [1.807, 2.05) is 52.8 Å². The number of carbonyl (C=O) groups excluding carboxylic acids is 1. The summed E-state index contributed by atoms with van der Waals surface area (Å²) in [5, 5.41) is 2.86. The molecule has 2 rings (SSSR count). The lowest BCUT2D eigenvalue weighted by Gasteiger charge is -2.33. The standard InChI is InChI=1S/C18H28N2O3/c1-16(2,3)23-15(21)20-14-8-7-12(22-6)11-13(14)18(9-10-18)17(4,5)19/h7-8,11H,9-10,19H2,1-6H3,(H,20,21). The van der Waals surface area contributed by atoms with E-state index >= 15 is 0 Å². The SMILES string of the molecule is COc1ccc(NC(=O)OC(C)(C)C)c(C2(C(C)(C)N)CC2)c1. The Morgan fingerprint density at radius 2 is 1.83 bits per heavy atom. The van der Waals surface area contributed by atoms with Crippen LogP contribution >= 0.6 is 0 Å². The molecule has 23 heavy (non-hydrogen) atoms. The van der Waals surface area contributed by atoms with Crippen molar-refractivity contribution in [3.8, 4) is 5.75 Å². The molecule has 1 aliphatic rings. The molecule has 1 amide bonds. The first-order chi connectivity index (χ1) is 10.5. The van der Waals surface area contributed by atoms with Gasteiger partial charge in [-0.25, -0.2) is 4.79 Å². The van der Waals surface area contributed by atoms with Gasteiger partial charge < -0.3 is 15.2 Å². The van der Waals surface area contributed by atoms with Gasteiger partial charge in [-0.05, 0) is 71.2 Å². The summed E-state index contributed by atoms with van der Waals surface area (Å²) >= 11 is 0. The van der Waals surface area contributed by atoms with Gasteiger partial charge in [0.05, 0.1) is 7.11 Å². The third-order valence-electron chi connectivity index (χ3n) is 4.36. The minimum absolute atomic E-state index is 0.147. The van der Waals surface area contributed by atoms with Crippen molar-refractivity contribution in [2.45, 2.75) is 64.0 Å². The zero-order valence-electron chi connectivity index (χ0n) is 14.9. The predicted octanol–water partition coefficient (Wildman–Crippen LogP) is 3.81.